The third-order valence-electron chi connectivity index (χ3n) is 2.88. The molecule has 1 unspecified atom stereocenters. The molecule has 1 N–H and O–H groups in total. The van der Waals surface area contributed by atoms with E-state index in [4.69, 9.17) is 5.26 Å². The molecule has 0 aromatic heterocycles. The Morgan fingerprint density at radius 2 is 2.05 bits per heavy atom. The van der Waals surface area contributed by atoms with Gasteiger partial charge in [0.25, 0.3) is 0 Å². The van der Waals surface area contributed by atoms with E-state index in [2.05, 4.69) is 5.32 Å². The summed E-state index contributed by atoms with van der Waals surface area (Å²) in [6.45, 7) is 4.52. The number of hydrogen-bond acceptors (Lipinski definition) is 2. The number of halogens is 3. The highest BCUT2D eigenvalue weighted by molar-refractivity contribution is 5.56. The van der Waals surface area contributed by atoms with Gasteiger partial charge in [-0.1, -0.05) is 20.3 Å². The standard InChI is InChI=1S/C14H17F3N2/c1-3-4-10(2)9-19-13-6-5-11(8-18)7-12(13)14(15,16)17/h5-7,10,19H,3-4,9H2,1-2H3. The zero-order chi connectivity index (χ0) is 14.5. The molecule has 104 valence electrons. The minimum atomic E-state index is -4.46. The summed E-state index contributed by atoms with van der Waals surface area (Å²) in [6, 6.07) is 5.32. The first-order chi connectivity index (χ1) is 8.88. The van der Waals surface area contributed by atoms with Gasteiger partial charge < -0.3 is 5.32 Å². The van der Waals surface area contributed by atoms with E-state index in [-0.39, 0.29) is 11.3 Å². The van der Waals surface area contributed by atoms with Gasteiger partial charge in [-0.05, 0) is 30.5 Å². The molecule has 0 amide bonds. The van der Waals surface area contributed by atoms with Crippen LogP contribution in [0.4, 0.5) is 18.9 Å². The Hall–Kier alpha value is -1.70. The van der Waals surface area contributed by atoms with Crippen molar-refractivity contribution >= 4 is 5.69 Å². The smallest absolute Gasteiger partial charge is 0.384 e. The maximum atomic E-state index is 12.9. The van der Waals surface area contributed by atoms with Gasteiger partial charge in [-0.15, -0.1) is 0 Å². The average Bonchev–Trinajstić information content (AvgIpc) is 2.35. The van der Waals surface area contributed by atoms with Crippen molar-refractivity contribution in [1.82, 2.24) is 0 Å². The van der Waals surface area contributed by atoms with Crippen LogP contribution in [-0.4, -0.2) is 6.54 Å². The predicted molar refractivity (Wildman–Crippen MR) is 68.7 cm³/mol. The maximum absolute atomic E-state index is 12.9. The van der Waals surface area contributed by atoms with Crippen molar-refractivity contribution in [2.75, 3.05) is 11.9 Å². The van der Waals surface area contributed by atoms with Crippen LogP contribution in [0.5, 0.6) is 0 Å². The van der Waals surface area contributed by atoms with Crippen LogP contribution in [-0.2, 0) is 6.18 Å². The van der Waals surface area contributed by atoms with E-state index in [0.29, 0.717) is 12.5 Å². The molecule has 19 heavy (non-hydrogen) atoms. The Bertz CT molecular complexity index is 461. The third kappa shape index (κ3) is 4.47. The van der Waals surface area contributed by atoms with Crippen LogP contribution in [0.25, 0.3) is 0 Å². The van der Waals surface area contributed by atoms with Crippen molar-refractivity contribution < 1.29 is 13.2 Å². The fourth-order valence-electron chi connectivity index (χ4n) is 1.88. The van der Waals surface area contributed by atoms with Crippen LogP contribution in [0.1, 0.15) is 37.8 Å². The molecule has 1 aromatic rings. The second-order valence-corrected chi connectivity index (χ2v) is 4.64. The Balaban J connectivity index is 2.91. The van der Waals surface area contributed by atoms with E-state index in [1.807, 2.05) is 13.8 Å². The predicted octanol–water partition coefficient (Wildman–Crippen LogP) is 4.43. The number of benzene rings is 1. The number of rotatable bonds is 5. The van der Waals surface area contributed by atoms with Crippen LogP contribution < -0.4 is 5.32 Å². The van der Waals surface area contributed by atoms with Crippen LogP contribution in [0, 0.1) is 17.2 Å². The quantitative estimate of drug-likeness (QED) is 0.859. The molecule has 2 nitrogen and oxygen atoms in total. The normalized spacial score (nSPS) is 12.8. The van der Waals surface area contributed by atoms with Crippen LogP contribution in [0.15, 0.2) is 18.2 Å². The molecule has 0 radical (unpaired) electrons. The molecular weight excluding hydrogens is 253 g/mol. The zero-order valence-electron chi connectivity index (χ0n) is 11.0. The molecule has 0 saturated carbocycles. The highest BCUT2D eigenvalue weighted by Crippen LogP contribution is 2.35. The molecular formula is C14H17F3N2. The molecule has 0 aliphatic carbocycles. The number of anilines is 1. The van der Waals surface area contributed by atoms with Gasteiger partial charge >= 0.3 is 6.18 Å². The second kappa shape index (κ2) is 6.46. The number of alkyl halides is 3. The minimum Gasteiger partial charge on any atom is -0.384 e. The van der Waals surface area contributed by atoms with Gasteiger partial charge in [0.05, 0.1) is 17.2 Å². The van der Waals surface area contributed by atoms with Gasteiger partial charge in [-0.2, -0.15) is 18.4 Å². The van der Waals surface area contributed by atoms with E-state index >= 15 is 0 Å². The first-order valence-electron chi connectivity index (χ1n) is 6.23. The third-order valence-corrected chi connectivity index (χ3v) is 2.88. The molecule has 0 aliphatic rings. The second-order valence-electron chi connectivity index (χ2n) is 4.64. The van der Waals surface area contributed by atoms with Gasteiger partial charge in [0.1, 0.15) is 0 Å². The van der Waals surface area contributed by atoms with Crippen LogP contribution in [0.3, 0.4) is 0 Å². The molecule has 0 heterocycles. The molecule has 5 heteroatoms. The van der Waals surface area contributed by atoms with E-state index in [0.717, 1.165) is 18.9 Å². The lowest BCUT2D eigenvalue weighted by Gasteiger charge is -2.17. The largest absolute Gasteiger partial charge is 0.418 e. The summed E-state index contributed by atoms with van der Waals surface area (Å²) in [5, 5.41) is 11.5. The molecule has 0 saturated heterocycles. The van der Waals surface area contributed by atoms with Crippen molar-refractivity contribution in [3.05, 3.63) is 29.3 Å². The van der Waals surface area contributed by atoms with Gasteiger partial charge in [-0.25, -0.2) is 0 Å². The molecule has 0 spiro atoms. The summed E-state index contributed by atoms with van der Waals surface area (Å²) in [6.07, 6.45) is -2.49. The first-order valence-corrected chi connectivity index (χ1v) is 6.23. The molecule has 0 bridgehead atoms. The van der Waals surface area contributed by atoms with E-state index in [1.54, 1.807) is 6.07 Å². The van der Waals surface area contributed by atoms with Gasteiger partial charge in [0.2, 0.25) is 0 Å². The van der Waals surface area contributed by atoms with E-state index in [1.165, 1.54) is 12.1 Å². The Morgan fingerprint density at radius 3 is 2.58 bits per heavy atom. The van der Waals surface area contributed by atoms with Gasteiger partial charge in [0, 0.05) is 12.2 Å². The number of nitrogens with one attached hydrogen (secondary N) is 1. The molecule has 1 rings (SSSR count). The van der Waals surface area contributed by atoms with Crippen molar-refractivity contribution in [3.63, 3.8) is 0 Å². The summed E-state index contributed by atoms with van der Waals surface area (Å²) in [5.74, 6) is 0.307. The molecule has 1 aromatic carbocycles. The summed E-state index contributed by atoms with van der Waals surface area (Å²) >= 11 is 0. The fraction of sp³-hybridized carbons (Fsp3) is 0.500. The highest BCUT2D eigenvalue weighted by atomic mass is 19.4. The summed E-state index contributed by atoms with van der Waals surface area (Å²) < 4.78 is 38.7. The van der Waals surface area contributed by atoms with Gasteiger partial charge in [-0.3, -0.25) is 0 Å². The molecule has 0 fully saturated rings. The summed E-state index contributed by atoms with van der Waals surface area (Å²) in [7, 11) is 0. The van der Waals surface area contributed by atoms with E-state index in [9.17, 15) is 13.2 Å². The van der Waals surface area contributed by atoms with Crippen LogP contribution >= 0.6 is 0 Å². The monoisotopic (exact) mass is 270 g/mol. The van der Waals surface area contributed by atoms with E-state index < -0.39 is 11.7 Å². The lowest BCUT2D eigenvalue weighted by Crippen LogP contribution is -2.15. The minimum absolute atomic E-state index is 0.0134. The Kier molecular flexibility index (Phi) is 5.22. The van der Waals surface area contributed by atoms with Gasteiger partial charge in [0.15, 0.2) is 0 Å². The number of nitriles is 1. The number of nitrogens with zero attached hydrogens (tertiary/aromatic N) is 1. The van der Waals surface area contributed by atoms with Crippen molar-refractivity contribution in [2.24, 2.45) is 5.92 Å². The average molecular weight is 270 g/mol. The summed E-state index contributed by atoms with van der Waals surface area (Å²) in [5.41, 5.74) is -0.732. The zero-order valence-corrected chi connectivity index (χ0v) is 11.0. The Morgan fingerprint density at radius 1 is 1.37 bits per heavy atom. The lowest BCUT2D eigenvalue weighted by molar-refractivity contribution is -0.137. The first kappa shape index (κ1) is 15.4. The van der Waals surface area contributed by atoms with Crippen molar-refractivity contribution in [1.29, 1.82) is 5.26 Å². The fourth-order valence-corrected chi connectivity index (χ4v) is 1.88. The SMILES string of the molecule is CCCC(C)CNc1ccc(C#N)cc1C(F)(F)F. The van der Waals surface area contributed by atoms with Crippen molar-refractivity contribution in [2.45, 2.75) is 32.9 Å². The summed E-state index contributed by atoms with van der Waals surface area (Å²) in [4.78, 5) is 0. The molecule has 0 aliphatic heterocycles. The highest BCUT2D eigenvalue weighted by Gasteiger charge is 2.33. The van der Waals surface area contributed by atoms with Crippen molar-refractivity contribution in [3.8, 4) is 6.07 Å². The van der Waals surface area contributed by atoms with Crippen LogP contribution in [0.2, 0.25) is 0 Å². The Labute approximate surface area is 111 Å². The number of hydrogen-bond donors (Lipinski definition) is 1. The topological polar surface area (TPSA) is 35.8 Å². The molecule has 1 atom stereocenters. The lowest BCUT2D eigenvalue weighted by atomic mass is 10.0. The maximum Gasteiger partial charge on any atom is 0.418 e.